The van der Waals surface area contributed by atoms with Crippen molar-refractivity contribution in [1.82, 2.24) is 10.1 Å². The Morgan fingerprint density at radius 1 is 1.47 bits per heavy atom. The van der Waals surface area contributed by atoms with E-state index in [1.807, 2.05) is 24.3 Å². The summed E-state index contributed by atoms with van der Waals surface area (Å²) in [5.41, 5.74) is 6.89. The lowest BCUT2D eigenvalue weighted by Crippen LogP contribution is -2.45. The molecule has 2 rings (SSSR count). The molecule has 0 spiro atoms. The van der Waals surface area contributed by atoms with Gasteiger partial charge >= 0.3 is 0 Å². The molecule has 8 heteroatoms. The average Bonchev–Trinajstić information content (AvgIpc) is 2.70. The molecule has 0 fully saturated rings. The number of rotatable bonds is 5. The van der Waals surface area contributed by atoms with Gasteiger partial charge in [0.1, 0.15) is 0 Å². The first-order chi connectivity index (χ1) is 8.87. The third-order valence-corrected chi connectivity index (χ3v) is 3.70. The number of para-hydroxylation sites is 1. The van der Waals surface area contributed by atoms with Crippen LogP contribution in [0.3, 0.4) is 0 Å². The summed E-state index contributed by atoms with van der Waals surface area (Å²) >= 11 is 4.25. The normalized spacial score (nSPS) is 13.6. The number of nitrogens with one attached hydrogen (secondary N) is 2. The molecule has 1 heterocycles. The van der Waals surface area contributed by atoms with Crippen molar-refractivity contribution in [2.24, 2.45) is 5.73 Å². The van der Waals surface area contributed by atoms with E-state index in [1.165, 1.54) is 0 Å². The molecule has 0 saturated carbocycles. The number of aromatic amines is 1. The Balaban J connectivity index is 2.26. The average molecular weight is 297 g/mol. The van der Waals surface area contributed by atoms with Gasteiger partial charge in [-0.25, -0.2) is 0 Å². The maximum absolute atomic E-state index is 11.3. The largest absolute Gasteiger partial charge is 0.821 e. The molecule has 0 saturated heterocycles. The lowest BCUT2D eigenvalue weighted by Gasteiger charge is -2.38. The summed E-state index contributed by atoms with van der Waals surface area (Å²) in [7, 11) is 0. The van der Waals surface area contributed by atoms with Crippen LogP contribution in [-0.4, -0.2) is 16.9 Å². The second-order valence-electron chi connectivity index (χ2n) is 4.15. The summed E-state index contributed by atoms with van der Waals surface area (Å²) in [5.74, 6) is -0.758. The van der Waals surface area contributed by atoms with Gasteiger partial charge in [0.2, 0.25) is 5.91 Å². The highest BCUT2D eigenvalue weighted by Gasteiger charge is 2.17. The molecule has 0 radical (unpaired) electrons. The van der Waals surface area contributed by atoms with Crippen LogP contribution in [0.15, 0.2) is 30.5 Å². The van der Waals surface area contributed by atoms with Crippen molar-refractivity contribution in [2.45, 2.75) is 12.5 Å². The predicted octanol–water partition coefficient (Wildman–Crippen LogP) is -0.901. The monoisotopic (exact) mass is 297 g/mol. The Bertz CT molecular complexity index is 651. The van der Waals surface area contributed by atoms with E-state index < -0.39 is 18.6 Å². The molecule has 1 unspecified atom stereocenters. The van der Waals surface area contributed by atoms with Gasteiger partial charge in [0.25, 0.3) is 0 Å². The summed E-state index contributed by atoms with van der Waals surface area (Å²) in [4.78, 5) is 36.4. The molecule has 0 bridgehead atoms. The van der Waals surface area contributed by atoms with Gasteiger partial charge < -0.3 is 25.6 Å². The van der Waals surface area contributed by atoms with E-state index >= 15 is 0 Å². The van der Waals surface area contributed by atoms with Crippen LogP contribution in [0.2, 0.25) is 0 Å². The number of benzene rings is 1. The maximum Gasteiger partial charge on any atom is 0.235 e. The molecule has 6 nitrogen and oxygen atoms in total. The first kappa shape index (κ1) is 14.2. The van der Waals surface area contributed by atoms with Crippen molar-refractivity contribution in [3.63, 3.8) is 0 Å². The van der Waals surface area contributed by atoms with E-state index in [0.717, 1.165) is 16.5 Å². The molecule has 0 aliphatic heterocycles. The fraction of sp³-hybridized carbons (Fsp3) is 0.182. The lowest BCUT2D eigenvalue weighted by atomic mass is 10.1. The molecular weight excluding hydrogens is 285 g/mol. The number of H-pyrrole nitrogens is 1. The van der Waals surface area contributed by atoms with Crippen LogP contribution in [0.5, 0.6) is 0 Å². The molecule has 19 heavy (non-hydrogen) atoms. The van der Waals surface area contributed by atoms with Gasteiger partial charge in [-0.3, -0.25) is 4.79 Å². The fourth-order valence-electron chi connectivity index (χ4n) is 1.92. The van der Waals surface area contributed by atoms with Crippen molar-refractivity contribution < 1.29 is 14.6 Å². The zero-order valence-corrected chi connectivity index (χ0v) is 11.5. The summed E-state index contributed by atoms with van der Waals surface area (Å²) < 4.78 is 0. The minimum Gasteiger partial charge on any atom is -0.821 e. The molecule has 4 N–H and O–H groups in total. The number of primary amides is 1. The van der Waals surface area contributed by atoms with Gasteiger partial charge in [-0.05, 0) is 18.1 Å². The number of amides is 1. The van der Waals surface area contributed by atoms with Gasteiger partial charge in [-0.1, -0.05) is 18.2 Å². The molecule has 1 amide bonds. The van der Waals surface area contributed by atoms with Gasteiger partial charge in [0, 0.05) is 17.1 Å². The Morgan fingerprint density at radius 2 is 2.16 bits per heavy atom. The van der Waals surface area contributed by atoms with Crippen molar-refractivity contribution in [1.29, 1.82) is 0 Å². The van der Waals surface area contributed by atoms with E-state index in [-0.39, 0.29) is 6.42 Å². The molecule has 2 aromatic rings. The van der Waals surface area contributed by atoms with E-state index in [2.05, 4.69) is 21.9 Å². The fourth-order valence-corrected chi connectivity index (χ4v) is 2.90. The summed E-state index contributed by atoms with van der Waals surface area (Å²) in [6.45, 7) is -4.18. The van der Waals surface area contributed by atoms with Crippen LogP contribution >= 0.6 is 6.64 Å². The topological polar surface area (TPSA) is 117 Å². The SMILES string of the molecule is NC(=O)C(Cc1c[nH]c2ccccc12)NP([O-])([O-])=S. The third kappa shape index (κ3) is 3.62. The highest BCUT2D eigenvalue weighted by atomic mass is 32.5. The van der Waals surface area contributed by atoms with Gasteiger partial charge in [-0.15, -0.1) is 11.8 Å². The van der Waals surface area contributed by atoms with Gasteiger partial charge in [-0.2, -0.15) is 6.64 Å². The Kier molecular flexibility index (Phi) is 4.03. The quantitative estimate of drug-likeness (QED) is 0.618. The zero-order chi connectivity index (χ0) is 14.0. The number of aromatic nitrogens is 1. The second kappa shape index (κ2) is 5.40. The molecule has 102 valence electrons. The number of hydrogen-bond acceptors (Lipinski definition) is 4. The van der Waals surface area contributed by atoms with Crippen LogP contribution in [-0.2, 0) is 23.0 Å². The van der Waals surface area contributed by atoms with Crippen LogP contribution in [0.4, 0.5) is 0 Å². The minimum atomic E-state index is -4.18. The van der Waals surface area contributed by atoms with Crippen LogP contribution in [0, 0.1) is 0 Å². The number of fused-ring (bicyclic) bond motifs is 1. The maximum atomic E-state index is 11.3. The zero-order valence-electron chi connectivity index (χ0n) is 9.83. The molecule has 1 aromatic carbocycles. The van der Waals surface area contributed by atoms with E-state index in [9.17, 15) is 14.6 Å². The van der Waals surface area contributed by atoms with Crippen LogP contribution in [0.1, 0.15) is 5.56 Å². The van der Waals surface area contributed by atoms with Crippen molar-refractivity contribution in [3.8, 4) is 0 Å². The molecule has 0 aliphatic rings. The Hall–Kier alpha value is -1.24. The number of carbonyl (C=O) groups excluding carboxylic acids is 1. The molecule has 0 aliphatic carbocycles. The van der Waals surface area contributed by atoms with Crippen molar-refractivity contribution >= 4 is 35.3 Å². The smallest absolute Gasteiger partial charge is 0.235 e. The standard InChI is InChI=1S/C11H14N3O3PS/c12-11(15)10(14-18(16,17)19)5-7-6-13-9-4-2-1-3-8(7)9/h1-4,6,10,13H,5H2,(H2,12,15)(H3,14,16,17,19)/p-2. The third-order valence-electron chi connectivity index (χ3n) is 2.76. The summed E-state index contributed by atoms with van der Waals surface area (Å²) in [6, 6.07) is 6.46. The Labute approximate surface area is 114 Å². The lowest BCUT2D eigenvalue weighted by molar-refractivity contribution is -0.299. The number of carbonyl (C=O) groups is 1. The molecular formula is C11H12N3O3PS-2. The van der Waals surface area contributed by atoms with Crippen LogP contribution in [0.25, 0.3) is 10.9 Å². The second-order valence-corrected chi connectivity index (χ2v) is 6.84. The Morgan fingerprint density at radius 3 is 2.79 bits per heavy atom. The van der Waals surface area contributed by atoms with Crippen LogP contribution < -0.4 is 20.6 Å². The molecule has 1 aromatic heterocycles. The highest BCUT2D eigenvalue weighted by Crippen LogP contribution is 2.22. The van der Waals surface area contributed by atoms with Gasteiger partial charge in [0.05, 0.1) is 6.04 Å². The summed E-state index contributed by atoms with van der Waals surface area (Å²) in [6.07, 6.45) is 1.88. The first-order valence-electron chi connectivity index (χ1n) is 5.51. The minimum absolute atomic E-state index is 0.155. The number of nitrogens with two attached hydrogens (primary N) is 1. The molecule has 1 atom stereocenters. The summed E-state index contributed by atoms with van der Waals surface area (Å²) in [5, 5.41) is 3.00. The first-order valence-corrected chi connectivity index (χ1v) is 8.15. The highest BCUT2D eigenvalue weighted by molar-refractivity contribution is 8.06. The van der Waals surface area contributed by atoms with Gasteiger partial charge in [0.15, 0.2) is 0 Å². The number of hydrogen-bond donors (Lipinski definition) is 3. The van der Waals surface area contributed by atoms with E-state index in [0.29, 0.717) is 0 Å². The predicted molar refractivity (Wildman–Crippen MR) is 72.4 cm³/mol. The van der Waals surface area contributed by atoms with E-state index in [4.69, 9.17) is 5.73 Å². The van der Waals surface area contributed by atoms with Crippen molar-refractivity contribution in [2.75, 3.05) is 0 Å². The van der Waals surface area contributed by atoms with E-state index in [1.54, 1.807) is 6.20 Å². The van der Waals surface area contributed by atoms with Crippen molar-refractivity contribution in [3.05, 3.63) is 36.0 Å².